The van der Waals surface area contributed by atoms with Crippen molar-refractivity contribution in [3.8, 4) is 0 Å². The van der Waals surface area contributed by atoms with Crippen LogP contribution in [-0.4, -0.2) is 28.5 Å². The summed E-state index contributed by atoms with van der Waals surface area (Å²) < 4.78 is 7.83. The van der Waals surface area contributed by atoms with E-state index < -0.39 is 0 Å². The van der Waals surface area contributed by atoms with Crippen LogP contribution >= 0.6 is 0 Å². The second-order valence-electron chi connectivity index (χ2n) is 8.05. The number of rotatable bonds is 1. The summed E-state index contributed by atoms with van der Waals surface area (Å²) in [6.07, 6.45) is 5.24. The zero-order valence-electron chi connectivity index (χ0n) is 15.2. The number of hydrogen-bond acceptors (Lipinski definition) is 3. The van der Waals surface area contributed by atoms with Gasteiger partial charge in [-0.1, -0.05) is 6.07 Å². The zero-order chi connectivity index (χ0) is 17.8. The highest BCUT2D eigenvalue weighted by molar-refractivity contribution is 5.97. The molecule has 0 aromatic carbocycles. The third kappa shape index (κ3) is 2.37. The van der Waals surface area contributed by atoms with Gasteiger partial charge in [0, 0.05) is 49.3 Å². The first-order valence-corrected chi connectivity index (χ1v) is 9.72. The molecule has 3 aliphatic rings. The maximum Gasteiger partial charge on any atom is 0.257 e. The number of nitrogens with zero attached hydrogens (tertiary/aromatic N) is 2. The molecule has 2 atom stereocenters. The largest absolute Gasteiger partial charge is 0.465 e. The first-order chi connectivity index (χ1) is 12.6. The number of pyridine rings is 1. The molecule has 5 nitrogen and oxygen atoms in total. The molecule has 4 heterocycles. The lowest BCUT2D eigenvalue weighted by molar-refractivity contribution is 0.0592. The summed E-state index contributed by atoms with van der Waals surface area (Å²) in [5.41, 5.74) is 3.12. The zero-order valence-corrected chi connectivity index (χ0v) is 15.2. The van der Waals surface area contributed by atoms with E-state index in [1.165, 1.54) is 0 Å². The summed E-state index contributed by atoms with van der Waals surface area (Å²) in [6.45, 7) is 4.07. The number of carbonyl (C=O) groups is 1. The SMILES string of the molecule is Cc1oc2c(c1C(=O)N1C[C@H]3C[C@@H](C1)c1cccc(=O)n1C3)CCCC2. The Bertz CT molecular complexity index is 939. The first kappa shape index (κ1) is 15.9. The van der Waals surface area contributed by atoms with Gasteiger partial charge in [-0.3, -0.25) is 9.59 Å². The molecule has 0 unspecified atom stereocenters. The quantitative estimate of drug-likeness (QED) is 0.793. The summed E-state index contributed by atoms with van der Waals surface area (Å²) in [4.78, 5) is 27.5. The molecule has 26 heavy (non-hydrogen) atoms. The van der Waals surface area contributed by atoms with Crippen molar-refractivity contribution in [1.29, 1.82) is 0 Å². The molecule has 5 heteroatoms. The number of aromatic nitrogens is 1. The molecule has 1 fully saturated rings. The molecule has 136 valence electrons. The Hall–Kier alpha value is -2.30. The lowest BCUT2D eigenvalue weighted by atomic mass is 9.82. The highest BCUT2D eigenvalue weighted by atomic mass is 16.3. The van der Waals surface area contributed by atoms with Crippen LogP contribution in [0.4, 0.5) is 0 Å². The third-order valence-corrected chi connectivity index (χ3v) is 6.33. The smallest absolute Gasteiger partial charge is 0.257 e. The van der Waals surface area contributed by atoms with Crippen LogP contribution in [0.15, 0.2) is 27.4 Å². The predicted octanol–water partition coefficient (Wildman–Crippen LogP) is 2.89. The number of amides is 1. The molecule has 1 aliphatic carbocycles. The highest BCUT2D eigenvalue weighted by Crippen LogP contribution is 2.37. The number of piperidine rings is 1. The van der Waals surface area contributed by atoms with E-state index in [-0.39, 0.29) is 17.4 Å². The summed E-state index contributed by atoms with van der Waals surface area (Å²) >= 11 is 0. The molecule has 2 aromatic heterocycles. The Balaban J connectivity index is 1.47. The van der Waals surface area contributed by atoms with Crippen LogP contribution in [0.5, 0.6) is 0 Å². The lowest BCUT2D eigenvalue weighted by Crippen LogP contribution is -2.49. The predicted molar refractivity (Wildman–Crippen MR) is 97.5 cm³/mol. The van der Waals surface area contributed by atoms with Gasteiger partial charge in [0.25, 0.3) is 11.5 Å². The standard InChI is InChI=1S/C21H24N2O3/c1-13-20(16-5-2-3-7-18(16)26-13)21(25)22-10-14-9-15(12-22)17-6-4-8-19(24)23(17)11-14/h4,6,8,14-15H,2-3,5,7,9-12H2,1H3/t14-,15+/m1/s1. The lowest BCUT2D eigenvalue weighted by Gasteiger charge is -2.42. The maximum absolute atomic E-state index is 13.4. The van der Waals surface area contributed by atoms with Crippen LogP contribution in [0.2, 0.25) is 0 Å². The van der Waals surface area contributed by atoms with E-state index in [1.54, 1.807) is 6.07 Å². The molecular weight excluding hydrogens is 328 g/mol. The van der Waals surface area contributed by atoms with Gasteiger partial charge in [0.2, 0.25) is 0 Å². The van der Waals surface area contributed by atoms with Crippen LogP contribution < -0.4 is 5.56 Å². The normalized spacial score (nSPS) is 24.1. The average Bonchev–Trinajstić information content (AvgIpc) is 2.97. The summed E-state index contributed by atoms with van der Waals surface area (Å²) in [7, 11) is 0. The molecule has 1 saturated heterocycles. The van der Waals surface area contributed by atoms with Gasteiger partial charge < -0.3 is 13.9 Å². The van der Waals surface area contributed by atoms with Crippen LogP contribution in [0.25, 0.3) is 0 Å². The minimum atomic E-state index is 0.0803. The number of aryl methyl sites for hydroxylation is 2. The Morgan fingerprint density at radius 1 is 1.15 bits per heavy atom. The molecule has 5 rings (SSSR count). The van der Waals surface area contributed by atoms with Gasteiger partial charge in [-0.05, 0) is 44.6 Å². The van der Waals surface area contributed by atoms with E-state index in [0.29, 0.717) is 12.5 Å². The monoisotopic (exact) mass is 352 g/mol. The second-order valence-corrected chi connectivity index (χ2v) is 8.05. The van der Waals surface area contributed by atoms with Crippen molar-refractivity contribution in [2.45, 2.75) is 51.5 Å². The van der Waals surface area contributed by atoms with E-state index in [4.69, 9.17) is 4.42 Å². The van der Waals surface area contributed by atoms with Gasteiger partial charge in [0.05, 0.1) is 5.56 Å². The van der Waals surface area contributed by atoms with Crippen molar-refractivity contribution < 1.29 is 9.21 Å². The summed E-state index contributed by atoms with van der Waals surface area (Å²) in [5, 5.41) is 0. The minimum absolute atomic E-state index is 0.0803. The van der Waals surface area contributed by atoms with E-state index in [2.05, 4.69) is 0 Å². The van der Waals surface area contributed by atoms with Crippen molar-refractivity contribution >= 4 is 5.91 Å². The fourth-order valence-electron chi connectivity index (χ4n) is 5.20. The fourth-order valence-corrected chi connectivity index (χ4v) is 5.20. The number of fused-ring (bicyclic) bond motifs is 5. The van der Waals surface area contributed by atoms with Crippen molar-refractivity contribution in [1.82, 2.24) is 9.47 Å². The fraction of sp³-hybridized carbons (Fsp3) is 0.524. The Morgan fingerprint density at radius 3 is 2.88 bits per heavy atom. The van der Waals surface area contributed by atoms with Crippen LogP contribution in [0.3, 0.4) is 0 Å². The van der Waals surface area contributed by atoms with E-state index in [1.807, 2.05) is 28.5 Å². The number of carbonyl (C=O) groups excluding carboxylic acids is 1. The van der Waals surface area contributed by atoms with Gasteiger partial charge in [-0.2, -0.15) is 0 Å². The van der Waals surface area contributed by atoms with Crippen molar-refractivity contribution in [2.75, 3.05) is 13.1 Å². The molecule has 2 bridgehead atoms. The summed E-state index contributed by atoms with van der Waals surface area (Å²) in [5.74, 6) is 2.52. The van der Waals surface area contributed by atoms with Crippen LogP contribution in [0.1, 0.15) is 58.3 Å². The molecule has 0 radical (unpaired) electrons. The number of furan rings is 1. The van der Waals surface area contributed by atoms with Gasteiger partial charge >= 0.3 is 0 Å². The maximum atomic E-state index is 13.4. The van der Waals surface area contributed by atoms with Crippen LogP contribution in [0, 0.1) is 12.8 Å². The first-order valence-electron chi connectivity index (χ1n) is 9.72. The van der Waals surface area contributed by atoms with Gasteiger partial charge in [-0.25, -0.2) is 0 Å². The van der Waals surface area contributed by atoms with E-state index >= 15 is 0 Å². The van der Waals surface area contributed by atoms with Crippen molar-refractivity contribution in [3.05, 3.63) is 56.9 Å². The molecule has 2 aliphatic heterocycles. The Morgan fingerprint density at radius 2 is 2.00 bits per heavy atom. The average molecular weight is 352 g/mol. The van der Waals surface area contributed by atoms with E-state index in [9.17, 15) is 9.59 Å². The molecular formula is C21H24N2O3. The summed E-state index contributed by atoms with van der Waals surface area (Å²) in [6, 6.07) is 5.52. The Labute approximate surface area is 152 Å². The Kier molecular flexibility index (Phi) is 3.59. The van der Waals surface area contributed by atoms with Crippen molar-refractivity contribution in [2.24, 2.45) is 5.92 Å². The van der Waals surface area contributed by atoms with E-state index in [0.717, 1.165) is 73.5 Å². The molecule has 2 aromatic rings. The highest BCUT2D eigenvalue weighted by Gasteiger charge is 2.38. The van der Waals surface area contributed by atoms with Crippen LogP contribution in [-0.2, 0) is 19.4 Å². The minimum Gasteiger partial charge on any atom is -0.465 e. The van der Waals surface area contributed by atoms with Crippen molar-refractivity contribution in [3.63, 3.8) is 0 Å². The second kappa shape index (κ2) is 5.86. The molecule has 0 saturated carbocycles. The number of hydrogen-bond donors (Lipinski definition) is 0. The van der Waals surface area contributed by atoms with Gasteiger partial charge in [-0.15, -0.1) is 0 Å². The topological polar surface area (TPSA) is 55.5 Å². The number of likely N-dealkylation sites (tertiary alicyclic amines) is 1. The van der Waals surface area contributed by atoms with Gasteiger partial charge in [0.1, 0.15) is 11.5 Å². The molecule has 1 amide bonds. The molecule has 0 N–H and O–H groups in total. The molecule has 0 spiro atoms. The van der Waals surface area contributed by atoms with Gasteiger partial charge in [0.15, 0.2) is 0 Å². The third-order valence-electron chi connectivity index (χ3n) is 6.33.